The fraction of sp³-hybridized carbons (Fsp3) is 0.250. The average Bonchev–Trinajstić information content (AvgIpc) is 1.63. The molecule has 0 heterocycles. The van der Waals surface area contributed by atoms with Crippen LogP contribution < -0.4 is 0 Å². The van der Waals surface area contributed by atoms with Gasteiger partial charge in [-0.3, -0.25) is 0 Å². The fourth-order valence-corrected chi connectivity index (χ4v) is 0.193. The van der Waals surface area contributed by atoms with E-state index >= 15 is 0 Å². The molecule has 52 valence electrons. The van der Waals surface area contributed by atoms with Crippen LogP contribution in [-0.2, 0) is 4.74 Å². The number of hydrogen-bond donors (Lipinski definition) is 1. The van der Waals surface area contributed by atoms with Crippen molar-refractivity contribution in [3.63, 3.8) is 0 Å². The van der Waals surface area contributed by atoms with Gasteiger partial charge in [0, 0.05) is 6.08 Å². The first kappa shape index (κ1) is 7.87. The molecule has 1 atom stereocenters. The highest BCUT2D eigenvalue weighted by Gasteiger charge is 2.05. The Hall–Kier alpha value is -1.13. The van der Waals surface area contributed by atoms with Crippen molar-refractivity contribution in [2.45, 2.75) is 6.36 Å². The van der Waals surface area contributed by atoms with Crippen molar-refractivity contribution in [1.82, 2.24) is 0 Å². The summed E-state index contributed by atoms with van der Waals surface area (Å²) < 4.78 is 26.1. The summed E-state index contributed by atoms with van der Waals surface area (Å²) in [6, 6.07) is 0. The van der Waals surface area contributed by atoms with Crippen LogP contribution in [-0.4, -0.2) is 17.6 Å². The van der Waals surface area contributed by atoms with Gasteiger partial charge in [0.2, 0.25) is 0 Å². The first-order valence-electron chi connectivity index (χ1n) is 1.97. The summed E-state index contributed by atoms with van der Waals surface area (Å²) in [6.07, 6.45) is -3.80. The molecule has 1 unspecified atom stereocenters. The molecule has 0 spiro atoms. The minimum atomic E-state index is -2.22. The molecule has 0 aromatic rings. The molecule has 0 fully saturated rings. The minimum Gasteiger partial charge on any atom is -0.450 e. The Kier molecular flexibility index (Phi) is 3.34. The van der Waals surface area contributed by atoms with Gasteiger partial charge in [-0.25, -0.2) is 9.18 Å². The fourth-order valence-electron chi connectivity index (χ4n) is 0.193. The summed E-state index contributed by atoms with van der Waals surface area (Å²) >= 11 is 0. The van der Waals surface area contributed by atoms with Crippen molar-refractivity contribution < 1.29 is 23.4 Å². The molecule has 0 bridgehead atoms. The van der Waals surface area contributed by atoms with E-state index in [-0.39, 0.29) is 6.33 Å². The Balaban J connectivity index is 3.50. The van der Waals surface area contributed by atoms with Crippen LogP contribution in [0.4, 0.5) is 13.6 Å². The first-order valence-corrected chi connectivity index (χ1v) is 1.97. The molecule has 3 nitrogen and oxygen atoms in total. The third-order valence-corrected chi connectivity index (χ3v) is 0.437. The monoisotopic (exact) mass is 138 g/mol. The van der Waals surface area contributed by atoms with Gasteiger partial charge in [-0.1, -0.05) is 0 Å². The van der Waals surface area contributed by atoms with E-state index in [9.17, 15) is 13.6 Å². The van der Waals surface area contributed by atoms with Gasteiger partial charge < -0.3 is 9.84 Å². The van der Waals surface area contributed by atoms with E-state index in [1.165, 1.54) is 0 Å². The van der Waals surface area contributed by atoms with E-state index < -0.39 is 12.5 Å². The van der Waals surface area contributed by atoms with E-state index in [2.05, 4.69) is 4.74 Å². The number of halogens is 2. The summed E-state index contributed by atoms with van der Waals surface area (Å²) in [5, 5.41) is 7.69. The molecule has 0 amide bonds. The summed E-state index contributed by atoms with van der Waals surface area (Å²) in [4.78, 5) is 9.47. The predicted octanol–water partition coefficient (Wildman–Crippen LogP) is 1.46. The highest BCUT2D eigenvalue weighted by Crippen LogP contribution is 1.95. The van der Waals surface area contributed by atoms with Gasteiger partial charge in [-0.15, -0.1) is 0 Å². The summed E-state index contributed by atoms with van der Waals surface area (Å²) in [6.45, 7) is 0. The molecule has 0 aliphatic rings. The Morgan fingerprint density at radius 2 is 2.33 bits per heavy atom. The van der Waals surface area contributed by atoms with Crippen LogP contribution in [0.3, 0.4) is 0 Å². The maximum atomic E-state index is 11.7. The van der Waals surface area contributed by atoms with Crippen molar-refractivity contribution >= 4 is 6.16 Å². The molecular weight excluding hydrogens is 134 g/mol. The second-order valence-corrected chi connectivity index (χ2v) is 1.05. The Morgan fingerprint density at radius 3 is 2.67 bits per heavy atom. The van der Waals surface area contributed by atoms with Crippen molar-refractivity contribution in [3.05, 3.63) is 12.4 Å². The molecule has 0 aliphatic carbocycles. The van der Waals surface area contributed by atoms with E-state index in [1.54, 1.807) is 0 Å². The first-order chi connectivity index (χ1) is 4.16. The van der Waals surface area contributed by atoms with Crippen molar-refractivity contribution in [1.29, 1.82) is 0 Å². The van der Waals surface area contributed by atoms with Crippen LogP contribution in [0, 0.1) is 0 Å². The van der Waals surface area contributed by atoms with E-state index in [1.807, 2.05) is 0 Å². The Morgan fingerprint density at radius 1 is 1.78 bits per heavy atom. The smallest absolute Gasteiger partial charge is 0.450 e. The number of ether oxygens (including phenoxy) is 1. The maximum absolute atomic E-state index is 11.7. The van der Waals surface area contributed by atoms with Gasteiger partial charge in [0.25, 0.3) is 6.36 Å². The lowest BCUT2D eigenvalue weighted by molar-refractivity contribution is 0.0131. The summed E-state index contributed by atoms with van der Waals surface area (Å²) in [7, 11) is 0. The van der Waals surface area contributed by atoms with Crippen LogP contribution in [0.2, 0.25) is 0 Å². The molecule has 0 saturated heterocycles. The van der Waals surface area contributed by atoms with Gasteiger partial charge >= 0.3 is 6.16 Å². The number of rotatable bonds is 2. The average molecular weight is 138 g/mol. The third kappa shape index (κ3) is 4.73. The van der Waals surface area contributed by atoms with Crippen LogP contribution >= 0.6 is 0 Å². The van der Waals surface area contributed by atoms with Crippen LogP contribution in [0.25, 0.3) is 0 Å². The number of carbonyl (C=O) groups is 1. The lowest BCUT2D eigenvalue weighted by atomic mass is 10.6. The zero-order chi connectivity index (χ0) is 7.28. The van der Waals surface area contributed by atoms with Crippen LogP contribution in [0.15, 0.2) is 12.4 Å². The SMILES string of the molecule is O=C(O)OC(F)C=CF. The van der Waals surface area contributed by atoms with Crippen LogP contribution in [0.5, 0.6) is 0 Å². The zero-order valence-electron chi connectivity index (χ0n) is 4.25. The Bertz CT molecular complexity index is 123. The molecule has 0 aromatic heterocycles. The summed E-state index contributed by atoms with van der Waals surface area (Å²) in [5.74, 6) is 0. The quantitative estimate of drug-likeness (QED) is 0.587. The molecule has 9 heavy (non-hydrogen) atoms. The largest absolute Gasteiger partial charge is 0.508 e. The minimum absolute atomic E-state index is 0.131. The van der Waals surface area contributed by atoms with Gasteiger partial charge in [-0.2, -0.15) is 4.39 Å². The topological polar surface area (TPSA) is 46.5 Å². The lowest BCUT2D eigenvalue weighted by Gasteiger charge is -1.97. The van der Waals surface area contributed by atoms with E-state index in [0.29, 0.717) is 6.08 Å². The molecule has 0 aromatic carbocycles. The molecule has 0 radical (unpaired) electrons. The van der Waals surface area contributed by atoms with Crippen molar-refractivity contribution in [2.75, 3.05) is 0 Å². The summed E-state index contributed by atoms with van der Waals surface area (Å²) in [5.41, 5.74) is 0. The van der Waals surface area contributed by atoms with Crippen molar-refractivity contribution in [2.24, 2.45) is 0 Å². The second kappa shape index (κ2) is 3.82. The molecular formula is C4H4F2O3. The standard InChI is InChI=1S/C4H4F2O3/c5-2-1-3(6)9-4(7)8/h1-3H,(H,7,8). The number of alkyl halides is 1. The van der Waals surface area contributed by atoms with Gasteiger partial charge in [-0.05, 0) is 0 Å². The molecule has 0 saturated carbocycles. The lowest BCUT2D eigenvalue weighted by Crippen LogP contribution is -2.07. The normalized spacial score (nSPS) is 13.6. The van der Waals surface area contributed by atoms with Gasteiger partial charge in [0.15, 0.2) is 0 Å². The van der Waals surface area contributed by atoms with Gasteiger partial charge in [0.05, 0.1) is 6.33 Å². The molecule has 0 rings (SSSR count). The third-order valence-electron chi connectivity index (χ3n) is 0.437. The zero-order valence-corrected chi connectivity index (χ0v) is 4.25. The molecule has 0 aliphatic heterocycles. The van der Waals surface area contributed by atoms with Gasteiger partial charge in [0.1, 0.15) is 0 Å². The molecule has 5 heteroatoms. The van der Waals surface area contributed by atoms with Crippen molar-refractivity contribution in [3.8, 4) is 0 Å². The van der Waals surface area contributed by atoms with Crippen LogP contribution in [0.1, 0.15) is 0 Å². The number of carboxylic acid groups (broad SMARTS) is 1. The predicted molar refractivity (Wildman–Crippen MR) is 24.3 cm³/mol. The number of hydrogen-bond acceptors (Lipinski definition) is 2. The highest BCUT2D eigenvalue weighted by molar-refractivity contribution is 5.57. The maximum Gasteiger partial charge on any atom is 0.508 e. The van der Waals surface area contributed by atoms with E-state index in [4.69, 9.17) is 5.11 Å². The highest BCUT2D eigenvalue weighted by atomic mass is 19.1. The van der Waals surface area contributed by atoms with E-state index in [0.717, 1.165) is 0 Å². The second-order valence-electron chi connectivity index (χ2n) is 1.05. The molecule has 1 N–H and O–H groups in total. The Labute approximate surface area is 49.5 Å².